The van der Waals surface area contributed by atoms with E-state index in [1.165, 1.54) is 12.8 Å². The lowest BCUT2D eigenvalue weighted by molar-refractivity contribution is -0.159. The highest BCUT2D eigenvalue weighted by molar-refractivity contribution is 5.91. The summed E-state index contributed by atoms with van der Waals surface area (Å²) in [6, 6.07) is 14.6. The van der Waals surface area contributed by atoms with Crippen LogP contribution in [0.1, 0.15) is 49.7 Å². The van der Waals surface area contributed by atoms with Gasteiger partial charge in [-0.2, -0.15) is 0 Å². The number of fused-ring (bicyclic) bond motifs is 1. The van der Waals surface area contributed by atoms with Crippen molar-refractivity contribution < 1.29 is 19.7 Å². The zero-order valence-electron chi connectivity index (χ0n) is 21.4. The van der Waals surface area contributed by atoms with Crippen molar-refractivity contribution in [2.45, 2.75) is 55.6 Å². The molecule has 1 saturated heterocycles. The molecule has 2 aromatic rings. The zero-order chi connectivity index (χ0) is 25.3. The summed E-state index contributed by atoms with van der Waals surface area (Å²) in [5, 5.41) is 20.1. The van der Waals surface area contributed by atoms with Crippen LogP contribution in [0, 0.1) is 5.92 Å². The summed E-state index contributed by atoms with van der Waals surface area (Å²) in [6.45, 7) is 3.03. The molecule has 5 rings (SSSR count). The average Bonchev–Trinajstić information content (AvgIpc) is 3.70. The van der Waals surface area contributed by atoms with E-state index in [2.05, 4.69) is 11.0 Å². The van der Waals surface area contributed by atoms with E-state index < -0.39 is 0 Å². The smallest absolute Gasteiger partial charge is 0.246 e. The Morgan fingerprint density at radius 2 is 1.86 bits per heavy atom. The standard InChI is InChI=1S/C30H38N2O4/c1-31(28(35)12-11-22-5-3-7-26(33)17-22)25-13-14-30(36-2)21-32(20-23-9-10-23)16-15-29(30,19-25)24-6-4-8-27(34)18-24/h3-8,11-12,17-18,23,25,33-34H,9-10,13-16,19-21H2,1-2H3/b12-11+. The van der Waals surface area contributed by atoms with E-state index in [1.807, 2.05) is 37.3 Å². The van der Waals surface area contributed by atoms with Gasteiger partial charge in [0.1, 0.15) is 11.5 Å². The number of aromatic hydroxyl groups is 2. The van der Waals surface area contributed by atoms with Crippen LogP contribution in [0.25, 0.3) is 6.08 Å². The number of rotatable bonds is 7. The van der Waals surface area contributed by atoms with Crippen molar-refractivity contribution >= 4 is 12.0 Å². The number of ether oxygens (including phenoxy) is 1. The lowest BCUT2D eigenvalue weighted by Gasteiger charge is -2.60. The molecule has 3 fully saturated rings. The summed E-state index contributed by atoms with van der Waals surface area (Å²) in [6.07, 6.45) is 9.47. The lowest BCUT2D eigenvalue weighted by atomic mass is 9.55. The number of likely N-dealkylation sites (N-methyl/N-ethyl adjacent to an activating group) is 1. The topological polar surface area (TPSA) is 73.2 Å². The SMILES string of the molecule is COC12CCC(N(C)C(=O)/C=C/c3cccc(O)c3)CC1(c1cccc(O)c1)CCN(CC1CC1)C2. The van der Waals surface area contributed by atoms with Gasteiger partial charge in [0, 0.05) is 44.8 Å². The minimum absolute atomic E-state index is 0.0505. The lowest BCUT2D eigenvalue weighted by Crippen LogP contribution is -2.68. The van der Waals surface area contributed by atoms with Gasteiger partial charge in [-0.05, 0) is 92.5 Å². The number of carbonyl (C=O) groups excluding carboxylic acids is 1. The summed E-state index contributed by atoms with van der Waals surface area (Å²) in [5.41, 5.74) is 1.26. The van der Waals surface area contributed by atoms with Crippen LogP contribution >= 0.6 is 0 Å². The Kier molecular flexibility index (Phi) is 6.84. The Bertz CT molecular complexity index is 1130. The number of phenols is 2. The Morgan fingerprint density at radius 3 is 2.56 bits per heavy atom. The van der Waals surface area contributed by atoms with E-state index in [0.29, 0.717) is 0 Å². The minimum atomic E-state index is -0.355. The molecule has 3 atom stereocenters. The van der Waals surface area contributed by atoms with Gasteiger partial charge in [-0.15, -0.1) is 0 Å². The first-order valence-electron chi connectivity index (χ1n) is 13.2. The van der Waals surface area contributed by atoms with Crippen molar-refractivity contribution in [3.8, 4) is 11.5 Å². The second-order valence-corrected chi connectivity index (χ2v) is 11.0. The van der Waals surface area contributed by atoms with Gasteiger partial charge in [0.05, 0.1) is 5.60 Å². The second-order valence-electron chi connectivity index (χ2n) is 11.0. The quantitative estimate of drug-likeness (QED) is 0.557. The third-order valence-corrected chi connectivity index (χ3v) is 8.86. The van der Waals surface area contributed by atoms with E-state index in [0.717, 1.165) is 62.4 Å². The van der Waals surface area contributed by atoms with E-state index in [1.54, 1.807) is 36.4 Å². The summed E-state index contributed by atoms with van der Waals surface area (Å²) in [5.74, 6) is 1.23. The van der Waals surface area contributed by atoms with Gasteiger partial charge in [0.25, 0.3) is 0 Å². The summed E-state index contributed by atoms with van der Waals surface area (Å²) in [7, 11) is 3.73. The van der Waals surface area contributed by atoms with Gasteiger partial charge in [-0.25, -0.2) is 0 Å². The number of hydrogen-bond donors (Lipinski definition) is 2. The Hall–Kier alpha value is -2.83. The maximum Gasteiger partial charge on any atom is 0.246 e. The molecule has 0 bridgehead atoms. The van der Waals surface area contributed by atoms with Crippen LogP contribution in [0.5, 0.6) is 11.5 Å². The summed E-state index contributed by atoms with van der Waals surface area (Å²) in [4.78, 5) is 17.6. The Balaban J connectivity index is 1.41. The summed E-state index contributed by atoms with van der Waals surface area (Å²) >= 11 is 0. The van der Waals surface area contributed by atoms with Crippen LogP contribution in [0.2, 0.25) is 0 Å². The molecule has 1 aliphatic heterocycles. The maximum absolute atomic E-state index is 13.2. The van der Waals surface area contributed by atoms with E-state index in [9.17, 15) is 15.0 Å². The third-order valence-electron chi connectivity index (χ3n) is 8.86. The van der Waals surface area contributed by atoms with Crippen molar-refractivity contribution in [3.63, 3.8) is 0 Å². The van der Waals surface area contributed by atoms with Gasteiger partial charge in [-0.3, -0.25) is 4.79 Å². The highest BCUT2D eigenvalue weighted by atomic mass is 16.5. The first kappa shape index (κ1) is 24.8. The predicted octanol–water partition coefficient (Wildman–Crippen LogP) is 4.56. The molecular weight excluding hydrogens is 452 g/mol. The van der Waals surface area contributed by atoms with Crippen LogP contribution in [0.4, 0.5) is 0 Å². The van der Waals surface area contributed by atoms with Crippen LogP contribution < -0.4 is 0 Å². The van der Waals surface area contributed by atoms with Gasteiger partial charge >= 0.3 is 0 Å². The molecule has 3 aliphatic rings. The van der Waals surface area contributed by atoms with Crippen molar-refractivity contribution in [2.75, 3.05) is 33.8 Å². The zero-order valence-corrected chi connectivity index (χ0v) is 21.4. The molecular formula is C30H38N2O4. The number of phenolic OH excluding ortho intramolecular Hbond substituents is 2. The Labute approximate surface area is 214 Å². The minimum Gasteiger partial charge on any atom is -0.508 e. The molecule has 0 radical (unpaired) electrons. The van der Waals surface area contributed by atoms with Gasteiger partial charge < -0.3 is 24.7 Å². The fraction of sp³-hybridized carbons (Fsp3) is 0.500. The molecule has 2 aromatic carbocycles. The first-order chi connectivity index (χ1) is 17.3. The third kappa shape index (κ3) is 4.76. The Morgan fingerprint density at radius 1 is 1.11 bits per heavy atom. The molecule has 2 aliphatic carbocycles. The first-order valence-corrected chi connectivity index (χ1v) is 13.2. The van der Waals surface area contributed by atoms with Crippen molar-refractivity contribution in [1.82, 2.24) is 9.80 Å². The van der Waals surface area contributed by atoms with E-state index >= 15 is 0 Å². The van der Waals surface area contributed by atoms with E-state index in [4.69, 9.17) is 4.74 Å². The highest BCUT2D eigenvalue weighted by Gasteiger charge is 2.59. The number of piperidine rings is 1. The van der Waals surface area contributed by atoms with Crippen LogP contribution in [0.15, 0.2) is 54.6 Å². The number of nitrogens with zero attached hydrogens (tertiary/aromatic N) is 2. The van der Waals surface area contributed by atoms with Crippen LogP contribution in [0.3, 0.4) is 0 Å². The molecule has 2 saturated carbocycles. The number of amides is 1. The van der Waals surface area contributed by atoms with Crippen molar-refractivity contribution in [3.05, 3.63) is 65.7 Å². The summed E-state index contributed by atoms with van der Waals surface area (Å²) < 4.78 is 6.45. The molecule has 6 heteroatoms. The number of carbonyl (C=O) groups is 1. The monoisotopic (exact) mass is 490 g/mol. The second kappa shape index (κ2) is 9.91. The molecule has 192 valence electrons. The molecule has 0 spiro atoms. The highest BCUT2D eigenvalue weighted by Crippen LogP contribution is 2.54. The van der Waals surface area contributed by atoms with E-state index in [-0.39, 0.29) is 34.5 Å². The largest absolute Gasteiger partial charge is 0.508 e. The molecule has 1 amide bonds. The van der Waals surface area contributed by atoms with Crippen LogP contribution in [-0.4, -0.2) is 71.4 Å². The number of benzene rings is 2. The van der Waals surface area contributed by atoms with Gasteiger partial charge in [0.2, 0.25) is 5.91 Å². The molecule has 1 heterocycles. The van der Waals surface area contributed by atoms with Gasteiger partial charge in [0.15, 0.2) is 0 Å². The van der Waals surface area contributed by atoms with Crippen molar-refractivity contribution in [1.29, 1.82) is 0 Å². The number of hydrogen-bond acceptors (Lipinski definition) is 5. The predicted molar refractivity (Wildman–Crippen MR) is 141 cm³/mol. The number of methoxy groups -OCH3 is 1. The molecule has 6 nitrogen and oxygen atoms in total. The fourth-order valence-electron chi connectivity index (χ4n) is 6.62. The molecule has 36 heavy (non-hydrogen) atoms. The maximum atomic E-state index is 13.2. The van der Waals surface area contributed by atoms with Gasteiger partial charge in [-0.1, -0.05) is 24.3 Å². The normalized spacial score (nSPS) is 28.7. The van der Waals surface area contributed by atoms with Crippen molar-refractivity contribution in [2.24, 2.45) is 5.92 Å². The number of likely N-dealkylation sites (tertiary alicyclic amines) is 1. The van der Waals surface area contributed by atoms with Crippen LogP contribution in [-0.2, 0) is 14.9 Å². The molecule has 3 unspecified atom stereocenters. The molecule has 2 N–H and O–H groups in total. The molecule has 0 aromatic heterocycles. The average molecular weight is 491 g/mol. The fourth-order valence-corrected chi connectivity index (χ4v) is 6.62.